The second kappa shape index (κ2) is 9.32. The van der Waals surface area contributed by atoms with Crippen LogP contribution in [0.5, 0.6) is 0 Å². The molecule has 0 aliphatic carbocycles. The lowest BCUT2D eigenvalue weighted by atomic mass is 9.87. The molecule has 5 rings (SSSR count). The third-order valence-corrected chi connectivity index (χ3v) is 8.91. The summed E-state index contributed by atoms with van der Waals surface area (Å²) in [5.74, 6) is -0.246. The van der Waals surface area contributed by atoms with Gasteiger partial charge in [-0.15, -0.1) is 0 Å². The van der Waals surface area contributed by atoms with E-state index in [1.807, 2.05) is 73.7 Å². The Hall–Kier alpha value is -3.84. The highest BCUT2D eigenvalue weighted by molar-refractivity contribution is 7.89. The molecule has 0 radical (unpaired) electrons. The number of hydrogen-bond donors (Lipinski definition) is 0. The van der Waals surface area contributed by atoms with E-state index in [0.717, 1.165) is 11.1 Å². The van der Waals surface area contributed by atoms with E-state index in [4.69, 9.17) is 0 Å². The maximum Gasteiger partial charge on any atom is 0.322 e. The van der Waals surface area contributed by atoms with Gasteiger partial charge in [0.15, 0.2) is 0 Å². The van der Waals surface area contributed by atoms with Crippen molar-refractivity contribution in [1.82, 2.24) is 14.1 Å². The molecular weight excluding hydrogens is 470 g/mol. The lowest BCUT2D eigenvalue weighted by Gasteiger charge is -2.44. The summed E-state index contributed by atoms with van der Waals surface area (Å²) in [4.78, 5) is 17.3. The highest BCUT2D eigenvalue weighted by Gasteiger charge is 2.51. The molecule has 0 aromatic heterocycles. The van der Waals surface area contributed by atoms with E-state index in [9.17, 15) is 13.2 Å². The van der Waals surface area contributed by atoms with Crippen molar-refractivity contribution in [2.24, 2.45) is 0 Å². The summed E-state index contributed by atoms with van der Waals surface area (Å²) < 4.78 is 29.2. The van der Waals surface area contributed by atoms with E-state index < -0.39 is 16.2 Å². The summed E-state index contributed by atoms with van der Waals surface area (Å²) in [6, 6.07) is 27.1. The number of sulfonamides is 1. The Labute approximate surface area is 212 Å². The summed E-state index contributed by atoms with van der Waals surface area (Å²) in [5.41, 5.74) is 2.56. The predicted molar refractivity (Wildman–Crippen MR) is 140 cm³/mol. The van der Waals surface area contributed by atoms with Crippen molar-refractivity contribution in [1.29, 1.82) is 0 Å². The Kier molecular flexibility index (Phi) is 6.18. The minimum atomic E-state index is -3.98. The van der Waals surface area contributed by atoms with Crippen molar-refractivity contribution >= 4 is 16.1 Å². The fourth-order valence-electron chi connectivity index (χ4n) is 5.18. The maximum absolute atomic E-state index is 13.9. The molecule has 4 atom stereocenters. The first-order valence-corrected chi connectivity index (χ1v) is 13.4. The average Bonchev–Trinajstić information content (AvgIpc) is 3.13. The molecule has 184 valence electrons. The van der Waals surface area contributed by atoms with Crippen LogP contribution in [0.25, 0.3) is 0 Å². The van der Waals surface area contributed by atoms with Crippen LogP contribution in [0.4, 0.5) is 4.79 Å². The number of carbonyl (C=O) groups is 1. The zero-order valence-corrected chi connectivity index (χ0v) is 21.1. The van der Waals surface area contributed by atoms with Crippen molar-refractivity contribution in [2.75, 3.05) is 7.05 Å². The fraction of sp³-hybridized carbons (Fsp3) is 0.207. The van der Waals surface area contributed by atoms with Crippen LogP contribution in [-0.4, -0.2) is 47.8 Å². The molecule has 1 unspecified atom stereocenters. The molecule has 1 saturated heterocycles. The average molecular weight is 500 g/mol. The first-order valence-electron chi connectivity index (χ1n) is 11.9. The van der Waals surface area contributed by atoms with E-state index in [1.54, 1.807) is 53.4 Å². The van der Waals surface area contributed by atoms with Gasteiger partial charge in [0.05, 0.1) is 17.0 Å². The molecular formula is C29H29N3O3S. The van der Waals surface area contributed by atoms with Crippen LogP contribution in [0, 0.1) is 0 Å². The summed E-state index contributed by atoms with van der Waals surface area (Å²) in [6.45, 7) is 6.39. The third-order valence-electron chi connectivity index (χ3n) is 7.17. The van der Waals surface area contributed by atoms with E-state index in [2.05, 4.69) is 6.58 Å². The number of amides is 2. The second-order valence-corrected chi connectivity index (χ2v) is 11.1. The Balaban J connectivity index is 1.68. The van der Waals surface area contributed by atoms with Crippen molar-refractivity contribution in [3.05, 3.63) is 127 Å². The van der Waals surface area contributed by atoms with Crippen LogP contribution in [0.15, 0.2) is 120 Å². The van der Waals surface area contributed by atoms with E-state index >= 15 is 0 Å². The second-order valence-electron chi connectivity index (χ2n) is 9.22. The first kappa shape index (κ1) is 23.9. The van der Waals surface area contributed by atoms with Crippen molar-refractivity contribution < 1.29 is 13.2 Å². The van der Waals surface area contributed by atoms with Gasteiger partial charge >= 0.3 is 6.03 Å². The first-order chi connectivity index (χ1) is 17.3. The Bertz CT molecular complexity index is 1390. The van der Waals surface area contributed by atoms with E-state index in [1.165, 1.54) is 4.31 Å². The van der Waals surface area contributed by atoms with Gasteiger partial charge in [-0.05, 0) is 35.8 Å². The number of benzene rings is 3. The van der Waals surface area contributed by atoms with Gasteiger partial charge in [-0.3, -0.25) is 4.90 Å². The molecule has 0 saturated carbocycles. The van der Waals surface area contributed by atoms with Crippen LogP contribution >= 0.6 is 0 Å². The number of hydrogen-bond acceptors (Lipinski definition) is 3. The number of likely N-dealkylation sites (N-methyl/N-ethyl adjacent to an activating group) is 1. The predicted octanol–water partition coefficient (Wildman–Crippen LogP) is 5.37. The van der Waals surface area contributed by atoms with Gasteiger partial charge in [0, 0.05) is 19.2 Å². The number of urea groups is 1. The van der Waals surface area contributed by atoms with Crippen molar-refractivity contribution in [3.8, 4) is 0 Å². The summed E-state index contributed by atoms with van der Waals surface area (Å²) in [6.07, 6.45) is 2.54. The Morgan fingerprint density at radius 3 is 1.92 bits per heavy atom. The zero-order valence-electron chi connectivity index (χ0n) is 20.3. The highest BCUT2D eigenvalue weighted by atomic mass is 32.2. The topological polar surface area (TPSA) is 60.9 Å². The standard InChI is InChI=1S/C29H29N3O3S/c1-21-26(23-13-7-4-8-14-23)19-20-31(36(34,35)25-17-11-6-12-18-25)28(21)32-27(22(2)30(3)29(32)33)24-15-9-5-10-16-24/h4-20,22,26-28H,1H2,2-3H3/t22-,26?,27-,28+/m0/s1. The van der Waals surface area contributed by atoms with Crippen molar-refractivity contribution in [3.63, 3.8) is 0 Å². The quantitative estimate of drug-likeness (QED) is 0.444. The summed E-state index contributed by atoms with van der Waals surface area (Å²) in [5, 5.41) is 0. The minimum Gasteiger partial charge on any atom is -0.323 e. The molecule has 7 heteroatoms. The number of rotatable bonds is 5. The molecule has 2 aliphatic heterocycles. The molecule has 1 fully saturated rings. The van der Waals surface area contributed by atoms with Crippen LogP contribution in [0.1, 0.15) is 30.0 Å². The molecule has 2 aliphatic rings. The molecule has 6 nitrogen and oxygen atoms in total. The van der Waals surface area contributed by atoms with Crippen LogP contribution in [0.2, 0.25) is 0 Å². The largest absolute Gasteiger partial charge is 0.323 e. The SMILES string of the molecule is C=C1C(c2ccccc2)C=CN(S(=O)(=O)c2ccccc2)[C@@H]1N1C(=O)N(C)[C@@H](C)[C@H]1c1ccccc1. The molecule has 0 spiro atoms. The smallest absolute Gasteiger partial charge is 0.322 e. The minimum absolute atomic E-state index is 0.162. The molecule has 3 aromatic rings. The van der Waals surface area contributed by atoms with Crippen LogP contribution in [0.3, 0.4) is 0 Å². The van der Waals surface area contributed by atoms with Gasteiger partial charge in [0.25, 0.3) is 10.0 Å². The third kappa shape index (κ3) is 3.89. The molecule has 3 aromatic carbocycles. The normalized spacial score (nSPS) is 24.4. The van der Waals surface area contributed by atoms with Gasteiger partial charge in [0.1, 0.15) is 6.17 Å². The number of nitrogens with zero attached hydrogens (tertiary/aromatic N) is 3. The lowest BCUT2D eigenvalue weighted by molar-refractivity contribution is 0.138. The summed E-state index contributed by atoms with van der Waals surface area (Å²) >= 11 is 0. The van der Waals surface area contributed by atoms with Gasteiger partial charge in [-0.1, -0.05) is 91.5 Å². The molecule has 2 heterocycles. The van der Waals surface area contributed by atoms with Gasteiger partial charge in [-0.2, -0.15) is 0 Å². The molecule has 0 N–H and O–H groups in total. The van der Waals surface area contributed by atoms with Crippen LogP contribution < -0.4 is 0 Å². The number of carbonyl (C=O) groups excluding carboxylic acids is 1. The highest BCUT2D eigenvalue weighted by Crippen LogP contribution is 2.44. The Morgan fingerprint density at radius 2 is 1.33 bits per heavy atom. The lowest BCUT2D eigenvalue weighted by Crippen LogP contribution is -2.53. The fourth-order valence-corrected chi connectivity index (χ4v) is 6.65. The molecule has 2 amide bonds. The zero-order chi connectivity index (χ0) is 25.4. The van der Waals surface area contributed by atoms with Gasteiger partial charge in [0.2, 0.25) is 0 Å². The van der Waals surface area contributed by atoms with E-state index in [-0.39, 0.29) is 28.9 Å². The summed E-state index contributed by atoms with van der Waals surface area (Å²) in [7, 11) is -2.22. The monoisotopic (exact) mass is 499 g/mol. The Morgan fingerprint density at radius 1 is 0.806 bits per heavy atom. The van der Waals surface area contributed by atoms with Crippen molar-refractivity contribution in [2.45, 2.75) is 36.0 Å². The number of allylic oxidation sites excluding steroid dienone is 1. The molecule has 0 bridgehead atoms. The molecule has 36 heavy (non-hydrogen) atoms. The van der Waals surface area contributed by atoms with Gasteiger partial charge in [-0.25, -0.2) is 17.5 Å². The van der Waals surface area contributed by atoms with Crippen LogP contribution in [-0.2, 0) is 10.0 Å². The van der Waals surface area contributed by atoms with Gasteiger partial charge < -0.3 is 4.90 Å². The van der Waals surface area contributed by atoms with E-state index in [0.29, 0.717) is 5.57 Å². The maximum atomic E-state index is 13.9.